The number of fused-ring (bicyclic) bond motifs is 1. The second-order valence-electron chi connectivity index (χ2n) is 6.87. The SMILES string of the molecule is C[C@@H](NC(=O)c1ccco1)c1nc2ccccc2n1CCCc1ccccc1. The van der Waals surface area contributed by atoms with E-state index in [9.17, 15) is 4.79 Å². The molecule has 2 aromatic carbocycles. The fraction of sp³-hybridized carbons (Fsp3) is 0.217. The monoisotopic (exact) mass is 373 g/mol. The molecule has 0 spiro atoms. The van der Waals surface area contributed by atoms with E-state index < -0.39 is 0 Å². The zero-order valence-electron chi connectivity index (χ0n) is 15.8. The van der Waals surface area contributed by atoms with Gasteiger partial charge in [-0.3, -0.25) is 4.79 Å². The number of imidazole rings is 1. The molecule has 2 aromatic heterocycles. The Bertz CT molecular complexity index is 1050. The number of hydrogen-bond donors (Lipinski definition) is 1. The van der Waals surface area contributed by atoms with Crippen LogP contribution < -0.4 is 5.32 Å². The van der Waals surface area contributed by atoms with E-state index in [0.29, 0.717) is 5.76 Å². The van der Waals surface area contributed by atoms with Crippen molar-refractivity contribution in [3.8, 4) is 0 Å². The quantitative estimate of drug-likeness (QED) is 0.508. The molecule has 2 heterocycles. The smallest absolute Gasteiger partial charge is 0.287 e. The fourth-order valence-corrected chi connectivity index (χ4v) is 3.49. The number of carbonyl (C=O) groups excluding carboxylic acids is 1. The first kappa shape index (κ1) is 18.0. The molecule has 0 fully saturated rings. The van der Waals surface area contributed by atoms with Gasteiger partial charge in [-0.05, 0) is 49.6 Å². The standard InChI is InChI=1S/C23H23N3O2/c1-17(24-23(27)21-14-8-16-28-21)22-25-19-12-5-6-13-20(19)26(22)15-7-11-18-9-3-2-4-10-18/h2-6,8-10,12-14,16-17H,7,11,15H2,1H3,(H,24,27)/t17-/m1/s1. The van der Waals surface area contributed by atoms with E-state index in [4.69, 9.17) is 9.40 Å². The van der Waals surface area contributed by atoms with Gasteiger partial charge in [0.25, 0.3) is 5.91 Å². The molecule has 0 radical (unpaired) electrons. The van der Waals surface area contributed by atoms with Crippen LogP contribution in [0, 0.1) is 0 Å². The molecule has 1 N–H and O–H groups in total. The van der Waals surface area contributed by atoms with Gasteiger partial charge in [-0.25, -0.2) is 4.98 Å². The lowest BCUT2D eigenvalue weighted by atomic mass is 10.1. The number of hydrogen-bond acceptors (Lipinski definition) is 3. The zero-order chi connectivity index (χ0) is 19.3. The van der Waals surface area contributed by atoms with E-state index in [-0.39, 0.29) is 11.9 Å². The Morgan fingerprint density at radius 3 is 2.64 bits per heavy atom. The Kier molecular flexibility index (Phi) is 5.24. The van der Waals surface area contributed by atoms with Gasteiger partial charge in [0.1, 0.15) is 5.82 Å². The van der Waals surface area contributed by atoms with Crippen LogP contribution >= 0.6 is 0 Å². The van der Waals surface area contributed by atoms with Crippen LogP contribution in [-0.2, 0) is 13.0 Å². The van der Waals surface area contributed by atoms with Gasteiger partial charge in [0.15, 0.2) is 5.76 Å². The van der Waals surface area contributed by atoms with Gasteiger partial charge in [-0.2, -0.15) is 0 Å². The lowest BCUT2D eigenvalue weighted by Crippen LogP contribution is -2.28. The topological polar surface area (TPSA) is 60.1 Å². The van der Waals surface area contributed by atoms with Crippen LogP contribution in [0.25, 0.3) is 11.0 Å². The van der Waals surface area contributed by atoms with Gasteiger partial charge in [0, 0.05) is 6.54 Å². The number of para-hydroxylation sites is 2. The highest BCUT2D eigenvalue weighted by molar-refractivity contribution is 5.91. The summed E-state index contributed by atoms with van der Waals surface area (Å²) in [4.78, 5) is 17.2. The summed E-state index contributed by atoms with van der Waals surface area (Å²) in [6, 6.07) is 21.7. The van der Waals surface area contributed by atoms with E-state index in [2.05, 4.69) is 40.2 Å². The van der Waals surface area contributed by atoms with Gasteiger partial charge < -0.3 is 14.3 Å². The summed E-state index contributed by atoms with van der Waals surface area (Å²) in [6.07, 6.45) is 3.49. The predicted molar refractivity (Wildman–Crippen MR) is 109 cm³/mol. The molecule has 5 heteroatoms. The number of furan rings is 1. The molecule has 5 nitrogen and oxygen atoms in total. The van der Waals surface area contributed by atoms with Crippen LogP contribution in [0.3, 0.4) is 0 Å². The number of carbonyl (C=O) groups is 1. The molecule has 0 aliphatic carbocycles. The lowest BCUT2D eigenvalue weighted by molar-refractivity contribution is 0.0909. The number of rotatable bonds is 7. The second kappa shape index (κ2) is 8.13. The normalized spacial score (nSPS) is 12.2. The first-order valence-electron chi connectivity index (χ1n) is 9.56. The maximum Gasteiger partial charge on any atom is 0.287 e. The van der Waals surface area contributed by atoms with Gasteiger partial charge in [0.2, 0.25) is 0 Å². The van der Waals surface area contributed by atoms with Crippen molar-refractivity contribution in [2.45, 2.75) is 32.4 Å². The summed E-state index contributed by atoms with van der Waals surface area (Å²) >= 11 is 0. The second-order valence-corrected chi connectivity index (χ2v) is 6.87. The summed E-state index contributed by atoms with van der Waals surface area (Å²) in [5, 5.41) is 2.99. The third-order valence-corrected chi connectivity index (χ3v) is 4.85. The Labute approximate surface area is 164 Å². The Balaban J connectivity index is 1.55. The number of benzene rings is 2. The van der Waals surface area contributed by atoms with E-state index in [1.165, 1.54) is 11.8 Å². The third-order valence-electron chi connectivity index (χ3n) is 4.85. The van der Waals surface area contributed by atoms with Crippen LogP contribution in [0.4, 0.5) is 0 Å². The van der Waals surface area contributed by atoms with Crippen molar-refractivity contribution in [3.05, 3.63) is 90.1 Å². The van der Waals surface area contributed by atoms with E-state index in [1.807, 2.05) is 31.2 Å². The van der Waals surface area contributed by atoms with Crippen LogP contribution in [0.2, 0.25) is 0 Å². The summed E-state index contributed by atoms with van der Waals surface area (Å²) < 4.78 is 7.41. The number of nitrogens with zero attached hydrogens (tertiary/aromatic N) is 2. The molecule has 0 unspecified atom stereocenters. The number of aromatic nitrogens is 2. The summed E-state index contributed by atoms with van der Waals surface area (Å²) in [6.45, 7) is 2.79. The molecular weight excluding hydrogens is 350 g/mol. The molecule has 142 valence electrons. The molecule has 4 rings (SSSR count). The minimum Gasteiger partial charge on any atom is -0.459 e. The molecule has 4 aromatic rings. The molecule has 28 heavy (non-hydrogen) atoms. The van der Waals surface area contributed by atoms with Crippen LogP contribution in [0.15, 0.2) is 77.4 Å². The Morgan fingerprint density at radius 2 is 1.86 bits per heavy atom. The average Bonchev–Trinajstić information content (AvgIpc) is 3.37. The lowest BCUT2D eigenvalue weighted by Gasteiger charge is -2.16. The third kappa shape index (κ3) is 3.83. The number of amides is 1. The highest BCUT2D eigenvalue weighted by Gasteiger charge is 2.19. The minimum absolute atomic E-state index is 0.235. The zero-order valence-corrected chi connectivity index (χ0v) is 15.8. The van der Waals surface area contributed by atoms with E-state index in [1.54, 1.807) is 12.1 Å². The molecule has 0 saturated heterocycles. The summed E-state index contributed by atoms with van der Waals surface area (Å²) in [5.74, 6) is 0.924. The Hall–Kier alpha value is -3.34. The maximum absolute atomic E-state index is 12.4. The van der Waals surface area contributed by atoms with Crippen molar-refractivity contribution in [3.63, 3.8) is 0 Å². The first-order valence-corrected chi connectivity index (χ1v) is 9.56. The van der Waals surface area contributed by atoms with Gasteiger partial charge >= 0.3 is 0 Å². The largest absolute Gasteiger partial charge is 0.459 e. The summed E-state index contributed by atoms with van der Waals surface area (Å²) in [7, 11) is 0. The van der Waals surface area contributed by atoms with Crippen molar-refractivity contribution >= 4 is 16.9 Å². The molecule has 0 bridgehead atoms. The maximum atomic E-state index is 12.4. The van der Waals surface area contributed by atoms with E-state index in [0.717, 1.165) is 36.2 Å². The predicted octanol–water partition coefficient (Wildman–Crippen LogP) is 4.75. The van der Waals surface area contributed by atoms with E-state index >= 15 is 0 Å². The highest BCUT2D eigenvalue weighted by Crippen LogP contribution is 2.22. The van der Waals surface area contributed by atoms with Gasteiger partial charge in [-0.1, -0.05) is 42.5 Å². The molecule has 1 amide bonds. The van der Waals surface area contributed by atoms with Crippen molar-refractivity contribution < 1.29 is 9.21 Å². The van der Waals surface area contributed by atoms with Crippen LogP contribution in [0.5, 0.6) is 0 Å². The average molecular weight is 373 g/mol. The van der Waals surface area contributed by atoms with Crippen molar-refractivity contribution in [2.24, 2.45) is 0 Å². The molecular formula is C23H23N3O2. The molecule has 0 saturated carbocycles. The minimum atomic E-state index is -0.236. The van der Waals surface area contributed by atoms with Gasteiger partial charge in [-0.15, -0.1) is 0 Å². The number of nitrogens with one attached hydrogen (secondary N) is 1. The van der Waals surface area contributed by atoms with Crippen molar-refractivity contribution in [1.82, 2.24) is 14.9 Å². The van der Waals surface area contributed by atoms with Crippen LogP contribution in [0.1, 0.15) is 41.3 Å². The molecule has 0 aliphatic heterocycles. The molecule has 0 aliphatic rings. The highest BCUT2D eigenvalue weighted by atomic mass is 16.3. The van der Waals surface area contributed by atoms with Crippen LogP contribution in [-0.4, -0.2) is 15.5 Å². The van der Waals surface area contributed by atoms with Crippen molar-refractivity contribution in [1.29, 1.82) is 0 Å². The first-order chi connectivity index (χ1) is 13.7. The summed E-state index contributed by atoms with van der Waals surface area (Å²) in [5.41, 5.74) is 3.36. The number of aryl methyl sites for hydroxylation is 2. The molecule has 1 atom stereocenters. The Morgan fingerprint density at radius 1 is 1.07 bits per heavy atom. The van der Waals surface area contributed by atoms with Crippen molar-refractivity contribution in [2.75, 3.05) is 0 Å². The fourth-order valence-electron chi connectivity index (χ4n) is 3.49. The van der Waals surface area contributed by atoms with Gasteiger partial charge in [0.05, 0.1) is 23.3 Å².